The summed E-state index contributed by atoms with van der Waals surface area (Å²) in [6.45, 7) is 2.55. The van der Waals surface area contributed by atoms with Gasteiger partial charge in [-0.05, 0) is 43.2 Å². The number of aliphatic hydroxyl groups is 1. The number of rotatable bonds is 5. The number of aryl methyl sites for hydroxylation is 1. The fourth-order valence-electron chi connectivity index (χ4n) is 3.60. The summed E-state index contributed by atoms with van der Waals surface area (Å²) in [5.41, 5.74) is -1.34. The summed E-state index contributed by atoms with van der Waals surface area (Å²) in [5, 5.41) is 39.4. The van der Waals surface area contributed by atoms with E-state index in [9.17, 15) is 29.7 Å². The van der Waals surface area contributed by atoms with E-state index in [2.05, 4.69) is 0 Å². The van der Waals surface area contributed by atoms with E-state index < -0.39 is 40.9 Å². The molecule has 1 aliphatic heterocycles. The van der Waals surface area contributed by atoms with Gasteiger partial charge in [0.2, 0.25) is 5.75 Å². The Bertz CT molecular complexity index is 1090. The molecule has 4 N–H and O–H groups in total. The van der Waals surface area contributed by atoms with Crippen molar-refractivity contribution in [2.24, 2.45) is 0 Å². The van der Waals surface area contributed by atoms with Crippen LogP contribution in [0.25, 0.3) is 0 Å². The van der Waals surface area contributed by atoms with Gasteiger partial charge in [-0.2, -0.15) is 0 Å². The predicted molar refractivity (Wildman–Crippen MR) is 108 cm³/mol. The van der Waals surface area contributed by atoms with Crippen molar-refractivity contribution in [1.82, 2.24) is 0 Å². The molecule has 2 aliphatic rings. The summed E-state index contributed by atoms with van der Waals surface area (Å²) in [6, 6.07) is 1.15. The molecule has 3 rings (SSSR count). The summed E-state index contributed by atoms with van der Waals surface area (Å²) in [7, 11) is 1.20. The summed E-state index contributed by atoms with van der Waals surface area (Å²) in [4.78, 5) is 36.5. The monoisotopic (exact) mass is 446 g/mol. The first-order chi connectivity index (χ1) is 15.0. The number of ketones is 1. The molecule has 1 aromatic carbocycles. The maximum atomic E-state index is 12.9. The highest BCUT2D eigenvalue weighted by atomic mass is 16.6. The number of carbonyl (C=O) groups is 3. The number of hydrogen-bond donors (Lipinski definition) is 4. The minimum atomic E-state index is -2.06. The number of phenols is 2. The molecule has 170 valence electrons. The van der Waals surface area contributed by atoms with Crippen LogP contribution in [0, 0.1) is 6.92 Å². The number of phenolic OH excluding ortho intramolecular Hbond substituents is 2. The van der Waals surface area contributed by atoms with Crippen LogP contribution < -0.4 is 4.74 Å². The van der Waals surface area contributed by atoms with Gasteiger partial charge < -0.3 is 34.6 Å². The van der Waals surface area contributed by atoms with E-state index in [-0.39, 0.29) is 41.2 Å². The molecule has 0 radical (unpaired) electrons. The summed E-state index contributed by atoms with van der Waals surface area (Å²) >= 11 is 0. The molecule has 0 saturated heterocycles. The number of allylic oxidation sites excluding steroid dienone is 2. The molecule has 0 saturated carbocycles. The summed E-state index contributed by atoms with van der Waals surface area (Å²) in [6.07, 6.45) is 2.21. The summed E-state index contributed by atoms with van der Waals surface area (Å²) < 4.78 is 15.9. The Morgan fingerprint density at radius 1 is 1.31 bits per heavy atom. The van der Waals surface area contributed by atoms with Crippen LogP contribution >= 0.6 is 0 Å². The number of carboxylic acid groups (broad SMARTS) is 1. The van der Waals surface area contributed by atoms with Crippen molar-refractivity contribution in [3.8, 4) is 17.2 Å². The Morgan fingerprint density at radius 3 is 2.62 bits per heavy atom. The van der Waals surface area contributed by atoms with Crippen LogP contribution in [0.15, 0.2) is 41.2 Å². The van der Waals surface area contributed by atoms with Gasteiger partial charge in [-0.25, -0.2) is 9.59 Å². The molecule has 0 spiro atoms. The first kappa shape index (κ1) is 22.9. The third-order valence-electron chi connectivity index (χ3n) is 5.33. The van der Waals surface area contributed by atoms with Gasteiger partial charge in [-0.3, -0.25) is 4.79 Å². The summed E-state index contributed by atoms with van der Waals surface area (Å²) in [5.74, 6) is -4.08. The average Bonchev–Trinajstić information content (AvgIpc) is 2.72. The van der Waals surface area contributed by atoms with Crippen LogP contribution in [-0.2, 0) is 19.1 Å². The number of benzene rings is 1. The van der Waals surface area contributed by atoms with Crippen molar-refractivity contribution in [2.45, 2.75) is 32.0 Å². The minimum Gasteiger partial charge on any atom is -0.504 e. The highest BCUT2D eigenvalue weighted by Crippen LogP contribution is 2.42. The average molecular weight is 446 g/mol. The van der Waals surface area contributed by atoms with E-state index in [0.29, 0.717) is 5.57 Å². The zero-order valence-electron chi connectivity index (χ0n) is 17.5. The topological polar surface area (TPSA) is 160 Å². The number of ether oxygens (including phenoxy) is 3. The van der Waals surface area contributed by atoms with Gasteiger partial charge in [0, 0.05) is 18.1 Å². The Kier molecular flexibility index (Phi) is 6.00. The van der Waals surface area contributed by atoms with Crippen LogP contribution in [-0.4, -0.2) is 63.6 Å². The van der Waals surface area contributed by atoms with Crippen LogP contribution in [0.3, 0.4) is 0 Å². The van der Waals surface area contributed by atoms with Gasteiger partial charge in [-0.15, -0.1) is 0 Å². The van der Waals surface area contributed by atoms with E-state index in [4.69, 9.17) is 19.3 Å². The number of aromatic hydroxyl groups is 2. The molecule has 10 nitrogen and oxygen atoms in total. The molecule has 10 heteroatoms. The molecule has 1 aliphatic carbocycles. The fourth-order valence-corrected chi connectivity index (χ4v) is 3.60. The second-order valence-corrected chi connectivity index (χ2v) is 7.55. The zero-order chi connectivity index (χ0) is 23.8. The van der Waals surface area contributed by atoms with E-state index in [1.54, 1.807) is 0 Å². The lowest BCUT2D eigenvalue weighted by Gasteiger charge is -2.38. The number of methoxy groups -OCH3 is 1. The zero-order valence-corrected chi connectivity index (χ0v) is 17.5. The van der Waals surface area contributed by atoms with Crippen LogP contribution in [0.4, 0.5) is 0 Å². The maximum Gasteiger partial charge on any atom is 0.342 e. The SMILES string of the molecule is COc1c(O)c(O)cc(C)c1C(=O)OC1CC2=C(COC(C=CC(=O)O)=C2)C(=O)C1(C)O. The molecule has 0 amide bonds. The number of carbonyl (C=O) groups excluding carboxylic acids is 2. The molecular weight excluding hydrogens is 424 g/mol. The Balaban J connectivity index is 1.94. The molecule has 2 atom stereocenters. The first-order valence-corrected chi connectivity index (χ1v) is 9.52. The van der Waals surface area contributed by atoms with Crippen molar-refractivity contribution in [2.75, 3.05) is 13.7 Å². The molecule has 0 aromatic heterocycles. The van der Waals surface area contributed by atoms with E-state index >= 15 is 0 Å². The lowest BCUT2D eigenvalue weighted by molar-refractivity contribution is -0.146. The van der Waals surface area contributed by atoms with Gasteiger partial charge in [0.1, 0.15) is 24.0 Å². The number of hydrogen-bond acceptors (Lipinski definition) is 9. The molecule has 0 bridgehead atoms. The maximum absolute atomic E-state index is 12.9. The minimum absolute atomic E-state index is 0.0426. The van der Waals surface area contributed by atoms with Crippen LogP contribution in [0.2, 0.25) is 0 Å². The van der Waals surface area contributed by atoms with Crippen molar-refractivity contribution < 1.29 is 49.0 Å². The fraction of sp³-hybridized carbons (Fsp3) is 0.318. The molecule has 0 fully saturated rings. The molecule has 1 aromatic rings. The Hall–Kier alpha value is -3.79. The lowest BCUT2D eigenvalue weighted by atomic mass is 9.77. The molecular formula is C22H22O10. The Labute approximate surface area is 182 Å². The highest BCUT2D eigenvalue weighted by Gasteiger charge is 2.49. The van der Waals surface area contributed by atoms with E-state index in [1.807, 2.05) is 0 Å². The number of Topliss-reactive ketones (excluding diaryl/α,β-unsaturated/α-hetero) is 1. The van der Waals surface area contributed by atoms with Gasteiger partial charge in [0.15, 0.2) is 22.9 Å². The van der Waals surface area contributed by atoms with Crippen LogP contribution in [0.1, 0.15) is 29.3 Å². The van der Waals surface area contributed by atoms with Gasteiger partial charge in [0.05, 0.1) is 7.11 Å². The van der Waals surface area contributed by atoms with Crippen molar-refractivity contribution >= 4 is 17.7 Å². The quantitative estimate of drug-likeness (QED) is 0.297. The van der Waals surface area contributed by atoms with Gasteiger partial charge in [-0.1, -0.05) is 0 Å². The third-order valence-corrected chi connectivity index (χ3v) is 5.33. The second kappa shape index (κ2) is 8.39. The standard InChI is InChI=1S/C22H22O10/c1-10-6-14(23)18(26)19(30-3)17(10)21(28)32-15-8-11-7-12(4-5-16(24)25)31-9-13(11)20(27)22(15,2)29/h4-7,15,23,26,29H,8-9H2,1-3H3,(H,24,25). The van der Waals surface area contributed by atoms with E-state index in [0.717, 1.165) is 12.1 Å². The predicted octanol–water partition coefficient (Wildman–Crippen LogP) is 1.52. The number of aliphatic carboxylic acids is 1. The smallest absolute Gasteiger partial charge is 0.342 e. The van der Waals surface area contributed by atoms with Gasteiger partial charge >= 0.3 is 11.9 Å². The first-order valence-electron chi connectivity index (χ1n) is 9.52. The van der Waals surface area contributed by atoms with Gasteiger partial charge in [0.25, 0.3) is 0 Å². The van der Waals surface area contributed by atoms with Crippen molar-refractivity contribution in [3.05, 3.63) is 52.3 Å². The van der Waals surface area contributed by atoms with E-state index in [1.165, 1.54) is 33.1 Å². The lowest BCUT2D eigenvalue weighted by Crippen LogP contribution is -2.53. The third kappa shape index (κ3) is 4.04. The number of carboxylic acids is 1. The van der Waals surface area contributed by atoms with Crippen LogP contribution in [0.5, 0.6) is 17.2 Å². The molecule has 32 heavy (non-hydrogen) atoms. The molecule has 1 heterocycles. The van der Waals surface area contributed by atoms with Crippen molar-refractivity contribution in [1.29, 1.82) is 0 Å². The second-order valence-electron chi connectivity index (χ2n) is 7.55. The largest absolute Gasteiger partial charge is 0.504 e. The normalized spacial score (nSPS) is 22.8. The molecule has 2 unspecified atom stereocenters. The Morgan fingerprint density at radius 2 is 2.00 bits per heavy atom. The highest BCUT2D eigenvalue weighted by molar-refractivity contribution is 6.05. The van der Waals surface area contributed by atoms with Crippen molar-refractivity contribution in [3.63, 3.8) is 0 Å². The number of esters is 1.